The van der Waals surface area contributed by atoms with Crippen molar-refractivity contribution in [2.24, 2.45) is 0 Å². The zero-order chi connectivity index (χ0) is 18.2. The van der Waals surface area contributed by atoms with Crippen LogP contribution in [0.3, 0.4) is 0 Å². The van der Waals surface area contributed by atoms with E-state index in [-0.39, 0.29) is 17.0 Å². The number of aliphatic hydroxyl groups excluding tert-OH is 1. The molecular weight excluding hydrogens is 413 g/mol. The number of hydrogen-bond donors (Lipinski definition) is 3. The maximum absolute atomic E-state index is 14.7. The van der Waals surface area contributed by atoms with Gasteiger partial charge in [0.05, 0.1) is 11.4 Å². The van der Waals surface area contributed by atoms with E-state index in [4.69, 9.17) is 0 Å². The Morgan fingerprint density at radius 1 is 1.40 bits per heavy atom. The number of hydrogen-bond acceptors (Lipinski definition) is 4. The van der Waals surface area contributed by atoms with Crippen molar-refractivity contribution >= 4 is 42.7 Å². The fraction of sp³-hybridized carbons (Fsp3) is 0.188. The number of sulfonamides is 1. The zero-order valence-corrected chi connectivity index (χ0v) is 15.5. The van der Waals surface area contributed by atoms with Gasteiger partial charge < -0.3 is 10.1 Å². The van der Waals surface area contributed by atoms with Crippen LogP contribution in [-0.2, 0) is 10.0 Å². The van der Waals surface area contributed by atoms with Crippen LogP contribution in [0.25, 0.3) is 11.0 Å². The molecule has 3 rings (SSSR count). The van der Waals surface area contributed by atoms with Crippen molar-refractivity contribution in [3.63, 3.8) is 0 Å². The molecule has 3 N–H and O–H groups in total. The summed E-state index contributed by atoms with van der Waals surface area (Å²) in [6.45, 7) is 1.45. The van der Waals surface area contributed by atoms with Crippen LogP contribution in [0.2, 0.25) is 0 Å². The van der Waals surface area contributed by atoms with E-state index < -0.39 is 21.9 Å². The molecular formula is C16H15BrFN3O3S. The molecule has 1 aromatic carbocycles. The van der Waals surface area contributed by atoms with Gasteiger partial charge >= 0.3 is 0 Å². The first-order valence-electron chi connectivity index (χ1n) is 7.42. The van der Waals surface area contributed by atoms with Gasteiger partial charge in [0.2, 0.25) is 10.0 Å². The Balaban J connectivity index is 2.05. The van der Waals surface area contributed by atoms with Crippen LogP contribution in [0.5, 0.6) is 0 Å². The smallest absolute Gasteiger partial charge is 0.232 e. The van der Waals surface area contributed by atoms with Crippen molar-refractivity contribution < 1.29 is 17.9 Å². The summed E-state index contributed by atoms with van der Waals surface area (Å²) in [7, 11) is -3.63. The van der Waals surface area contributed by atoms with Crippen molar-refractivity contribution in [3.8, 4) is 0 Å². The minimum Gasteiger partial charge on any atom is -0.383 e. The first-order valence-corrected chi connectivity index (χ1v) is 9.86. The van der Waals surface area contributed by atoms with Crippen molar-refractivity contribution in [1.82, 2.24) is 9.97 Å². The number of aliphatic hydroxyl groups is 1. The number of fused-ring (bicyclic) bond motifs is 1. The number of aromatic nitrogens is 2. The van der Waals surface area contributed by atoms with Crippen molar-refractivity contribution in [1.29, 1.82) is 0 Å². The molecule has 0 amide bonds. The molecule has 1 unspecified atom stereocenters. The van der Waals surface area contributed by atoms with Crippen molar-refractivity contribution in [2.45, 2.75) is 13.0 Å². The number of nitrogens with one attached hydrogen (secondary N) is 2. The standard InChI is InChI=1S/C16H15BrFN3O3S/c1-2-25(23,24)21-13-5-3-4-10(14(13)18)15(22)12-8-20-16-11(12)6-9(17)7-19-16/h3-8,15,21-22H,2H2,1H3,(H,19,20). The summed E-state index contributed by atoms with van der Waals surface area (Å²) in [6, 6.07) is 5.97. The van der Waals surface area contributed by atoms with Gasteiger partial charge in [0.15, 0.2) is 5.82 Å². The van der Waals surface area contributed by atoms with Gasteiger partial charge in [0.1, 0.15) is 11.8 Å². The lowest BCUT2D eigenvalue weighted by Crippen LogP contribution is -2.16. The number of nitrogens with zero attached hydrogens (tertiary/aromatic N) is 1. The Hall–Kier alpha value is -1.97. The molecule has 2 heterocycles. The van der Waals surface area contributed by atoms with E-state index in [9.17, 15) is 17.9 Å². The van der Waals surface area contributed by atoms with E-state index in [2.05, 4.69) is 30.6 Å². The van der Waals surface area contributed by atoms with E-state index in [1.165, 1.54) is 25.1 Å². The second kappa shape index (κ2) is 6.74. The molecule has 0 aliphatic rings. The van der Waals surface area contributed by atoms with Gasteiger partial charge in [-0.2, -0.15) is 0 Å². The van der Waals surface area contributed by atoms with E-state index >= 15 is 0 Å². The molecule has 0 aliphatic heterocycles. The molecule has 6 nitrogen and oxygen atoms in total. The molecule has 25 heavy (non-hydrogen) atoms. The SMILES string of the molecule is CCS(=O)(=O)Nc1cccc(C(O)c2c[nH]c3ncc(Br)cc23)c1F. The Morgan fingerprint density at radius 2 is 2.16 bits per heavy atom. The minimum absolute atomic E-state index is 0.0304. The third-order valence-corrected chi connectivity index (χ3v) is 5.52. The summed E-state index contributed by atoms with van der Waals surface area (Å²) in [5.74, 6) is -0.995. The fourth-order valence-electron chi connectivity index (χ4n) is 2.47. The average Bonchev–Trinajstić information content (AvgIpc) is 2.99. The molecule has 9 heteroatoms. The van der Waals surface area contributed by atoms with Crippen LogP contribution in [0.1, 0.15) is 24.2 Å². The number of benzene rings is 1. The van der Waals surface area contributed by atoms with E-state index in [1.54, 1.807) is 18.5 Å². The number of H-pyrrole nitrogens is 1. The number of anilines is 1. The molecule has 0 fully saturated rings. The lowest BCUT2D eigenvalue weighted by Gasteiger charge is -2.15. The Bertz CT molecular complexity index is 1040. The highest BCUT2D eigenvalue weighted by Gasteiger charge is 2.22. The van der Waals surface area contributed by atoms with Crippen LogP contribution in [0.15, 0.2) is 41.1 Å². The highest BCUT2D eigenvalue weighted by molar-refractivity contribution is 9.10. The van der Waals surface area contributed by atoms with Gasteiger partial charge in [-0.15, -0.1) is 0 Å². The van der Waals surface area contributed by atoms with Crippen LogP contribution in [0.4, 0.5) is 10.1 Å². The van der Waals surface area contributed by atoms with Gasteiger partial charge in [0.25, 0.3) is 0 Å². The number of halogens is 2. The molecule has 1 atom stereocenters. The van der Waals surface area contributed by atoms with Gasteiger partial charge in [-0.25, -0.2) is 17.8 Å². The van der Waals surface area contributed by atoms with Crippen LogP contribution in [0, 0.1) is 5.82 Å². The molecule has 2 aromatic heterocycles. The molecule has 132 valence electrons. The third-order valence-electron chi connectivity index (χ3n) is 3.79. The first-order chi connectivity index (χ1) is 11.8. The molecule has 0 saturated heterocycles. The minimum atomic E-state index is -3.63. The molecule has 0 spiro atoms. The predicted octanol–water partition coefficient (Wildman–Crippen LogP) is 3.31. The van der Waals surface area contributed by atoms with Gasteiger partial charge in [-0.3, -0.25) is 4.72 Å². The molecule has 0 aliphatic carbocycles. The number of rotatable bonds is 5. The summed E-state index contributed by atoms with van der Waals surface area (Å²) in [5, 5.41) is 11.3. The van der Waals surface area contributed by atoms with Crippen LogP contribution >= 0.6 is 15.9 Å². The van der Waals surface area contributed by atoms with Crippen molar-refractivity contribution in [2.75, 3.05) is 10.5 Å². The quantitative estimate of drug-likeness (QED) is 0.581. The highest BCUT2D eigenvalue weighted by atomic mass is 79.9. The van der Waals surface area contributed by atoms with Gasteiger partial charge in [-0.1, -0.05) is 12.1 Å². The summed E-state index contributed by atoms with van der Waals surface area (Å²) < 4.78 is 41.0. The average molecular weight is 428 g/mol. The molecule has 0 radical (unpaired) electrons. The maximum atomic E-state index is 14.7. The fourth-order valence-corrected chi connectivity index (χ4v) is 3.44. The largest absolute Gasteiger partial charge is 0.383 e. The van der Waals surface area contributed by atoms with E-state index in [0.29, 0.717) is 16.6 Å². The highest BCUT2D eigenvalue weighted by Crippen LogP contribution is 2.33. The second-order valence-corrected chi connectivity index (χ2v) is 8.34. The molecule has 0 saturated carbocycles. The molecule has 3 aromatic rings. The summed E-state index contributed by atoms with van der Waals surface area (Å²) in [6.07, 6.45) is 1.88. The molecule has 0 bridgehead atoms. The van der Waals surface area contributed by atoms with Crippen LogP contribution in [-0.4, -0.2) is 29.2 Å². The summed E-state index contributed by atoms with van der Waals surface area (Å²) in [4.78, 5) is 7.10. The monoisotopic (exact) mass is 427 g/mol. The normalized spacial score (nSPS) is 13.1. The van der Waals surface area contributed by atoms with E-state index in [0.717, 1.165) is 4.47 Å². The topological polar surface area (TPSA) is 95.1 Å². The number of pyridine rings is 1. The summed E-state index contributed by atoms with van der Waals surface area (Å²) >= 11 is 3.31. The van der Waals surface area contributed by atoms with E-state index in [1.807, 2.05) is 0 Å². The summed E-state index contributed by atoms with van der Waals surface area (Å²) in [5.41, 5.74) is 0.772. The predicted molar refractivity (Wildman–Crippen MR) is 97.3 cm³/mol. The van der Waals surface area contributed by atoms with Crippen LogP contribution < -0.4 is 4.72 Å². The van der Waals surface area contributed by atoms with Crippen molar-refractivity contribution in [3.05, 3.63) is 58.1 Å². The zero-order valence-electron chi connectivity index (χ0n) is 13.1. The lowest BCUT2D eigenvalue weighted by atomic mass is 10.0. The Labute approximate surface area is 152 Å². The Morgan fingerprint density at radius 3 is 2.88 bits per heavy atom. The first kappa shape index (κ1) is 17.8. The number of aromatic amines is 1. The Kier molecular flexibility index (Phi) is 4.81. The second-order valence-electron chi connectivity index (χ2n) is 5.41. The third kappa shape index (κ3) is 3.53. The maximum Gasteiger partial charge on any atom is 0.232 e. The van der Waals surface area contributed by atoms with Gasteiger partial charge in [0, 0.05) is 33.4 Å². The lowest BCUT2D eigenvalue weighted by molar-refractivity contribution is 0.216. The van der Waals surface area contributed by atoms with Gasteiger partial charge in [-0.05, 0) is 35.0 Å².